The Morgan fingerprint density at radius 2 is 2.25 bits per heavy atom. The van der Waals surface area contributed by atoms with Gasteiger partial charge in [-0.05, 0) is 0 Å². The topological polar surface area (TPSA) is 86.2 Å². The van der Waals surface area contributed by atoms with Gasteiger partial charge < -0.3 is 5.73 Å². The zero-order valence-electron chi connectivity index (χ0n) is 3.70. The lowest BCUT2D eigenvalue weighted by Crippen LogP contribution is -2.29. The summed E-state index contributed by atoms with van der Waals surface area (Å²) in [4.78, 5) is 18.8. The Hall–Kier alpha value is -0.400. The lowest BCUT2D eigenvalue weighted by Gasteiger charge is -1.92. The third kappa shape index (κ3) is 2.05. The van der Waals surface area contributed by atoms with Crippen LogP contribution in [-0.4, -0.2) is 14.9 Å². The molecule has 2 N–H and O–H groups in total. The second-order valence-corrected chi connectivity index (χ2v) is 2.20. The molecule has 0 saturated heterocycles. The summed E-state index contributed by atoms with van der Waals surface area (Å²) < 4.78 is -1.30. The largest absolute Gasteiger partial charge is 0.363 e. The molecular weight excluding hydrogens is 227 g/mol. The molecule has 0 bridgehead atoms. The third-order valence-corrected chi connectivity index (χ3v) is 1.49. The average molecular weight is 230 g/mol. The quantitative estimate of drug-likeness (QED) is 0.228. The summed E-state index contributed by atoms with van der Waals surface area (Å²) in [6.45, 7) is 0. The molecule has 0 aromatic rings. The monoisotopic (exact) mass is 230 g/mol. The minimum Gasteiger partial charge on any atom is -0.363 e. The summed E-state index contributed by atoms with van der Waals surface area (Å²) in [6.07, 6.45) is 0. The van der Waals surface area contributed by atoms with Crippen molar-refractivity contribution in [1.29, 1.82) is 0 Å². The van der Waals surface area contributed by atoms with Crippen molar-refractivity contribution in [2.75, 3.05) is 0 Å². The number of rotatable bonds is 2. The second-order valence-electron chi connectivity index (χ2n) is 1.02. The van der Waals surface area contributed by atoms with E-state index in [0.29, 0.717) is 0 Å². The van der Waals surface area contributed by atoms with E-state index in [0.717, 1.165) is 0 Å². The number of nitrogens with zero attached hydrogens (tertiary/aromatic N) is 1. The van der Waals surface area contributed by atoms with Crippen molar-refractivity contribution in [1.82, 2.24) is 0 Å². The van der Waals surface area contributed by atoms with Crippen molar-refractivity contribution in [2.24, 2.45) is 5.73 Å². The Kier molecular flexibility index (Phi) is 2.66. The maximum atomic E-state index is 9.91. The van der Waals surface area contributed by atoms with Gasteiger partial charge in [-0.3, -0.25) is 14.9 Å². The van der Waals surface area contributed by atoms with Crippen LogP contribution >= 0.6 is 22.6 Å². The summed E-state index contributed by atoms with van der Waals surface area (Å²) in [5.41, 5.74) is 4.55. The maximum Gasteiger partial charge on any atom is 0.336 e. The van der Waals surface area contributed by atoms with Gasteiger partial charge in [0.25, 0.3) is 0 Å². The Balaban J connectivity index is 3.83. The SMILES string of the molecule is NC(=O)[C@H](I)[N+](=O)[O-]. The first-order valence-corrected chi connectivity index (χ1v) is 2.87. The summed E-state index contributed by atoms with van der Waals surface area (Å²) in [5, 5.41) is 9.64. The van der Waals surface area contributed by atoms with Crippen molar-refractivity contribution >= 4 is 28.5 Å². The molecule has 0 heterocycles. The number of amides is 1. The van der Waals surface area contributed by atoms with Crippen molar-refractivity contribution in [3.05, 3.63) is 10.1 Å². The van der Waals surface area contributed by atoms with Crippen LogP contribution in [0.15, 0.2) is 0 Å². The number of hydrogen-bond acceptors (Lipinski definition) is 3. The fourth-order valence-electron chi connectivity index (χ4n) is 0.104. The van der Waals surface area contributed by atoms with Crippen molar-refractivity contribution < 1.29 is 9.72 Å². The van der Waals surface area contributed by atoms with E-state index in [-0.39, 0.29) is 0 Å². The highest BCUT2D eigenvalue weighted by atomic mass is 127. The summed E-state index contributed by atoms with van der Waals surface area (Å²) in [5.74, 6) is -0.921. The van der Waals surface area contributed by atoms with Gasteiger partial charge >= 0.3 is 9.96 Å². The van der Waals surface area contributed by atoms with Crippen LogP contribution in [0, 0.1) is 10.1 Å². The van der Waals surface area contributed by atoms with E-state index >= 15 is 0 Å². The molecular formula is C2H3IN2O3. The minimum atomic E-state index is -1.30. The van der Waals surface area contributed by atoms with E-state index in [4.69, 9.17) is 0 Å². The minimum absolute atomic E-state index is 0.747. The number of nitro groups is 1. The van der Waals surface area contributed by atoms with Gasteiger partial charge in [0.05, 0.1) is 0 Å². The fourth-order valence-corrected chi connectivity index (χ4v) is 0.104. The fraction of sp³-hybridized carbons (Fsp3) is 0.500. The predicted octanol–water partition coefficient (Wildman–Crippen LogP) is -0.490. The number of carbonyl (C=O) groups is 1. The van der Waals surface area contributed by atoms with Gasteiger partial charge in [-0.1, -0.05) is 0 Å². The number of carbonyl (C=O) groups excluding carboxylic acids is 1. The Morgan fingerprint density at radius 1 is 1.88 bits per heavy atom. The van der Waals surface area contributed by atoms with Gasteiger partial charge in [0, 0.05) is 27.5 Å². The van der Waals surface area contributed by atoms with Crippen LogP contribution in [0.2, 0.25) is 0 Å². The summed E-state index contributed by atoms with van der Waals surface area (Å²) >= 11 is 1.35. The molecule has 6 heteroatoms. The van der Waals surface area contributed by atoms with Gasteiger partial charge in [0.15, 0.2) is 0 Å². The normalized spacial score (nSPS) is 12.6. The third-order valence-electron chi connectivity index (χ3n) is 0.420. The molecule has 1 amide bonds. The number of hydrogen-bond donors (Lipinski definition) is 1. The van der Waals surface area contributed by atoms with E-state index in [1.807, 2.05) is 0 Å². The number of halogens is 1. The highest BCUT2D eigenvalue weighted by molar-refractivity contribution is 14.1. The van der Waals surface area contributed by atoms with Crippen molar-refractivity contribution in [2.45, 2.75) is 4.05 Å². The number of primary amides is 1. The van der Waals surface area contributed by atoms with Crippen LogP contribution in [-0.2, 0) is 4.79 Å². The molecule has 8 heavy (non-hydrogen) atoms. The molecule has 0 aromatic carbocycles. The molecule has 0 aliphatic rings. The Labute approximate surface area is 58.5 Å². The molecule has 0 aliphatic carbocycles. The first-order chi connectivity index (χ1) is 3.55. The standard InChI is InChI=1S/C2H3IN2O3/c3-1(2(4)6)5(7)8/h1H,(H2,4,6)/t1-/m1/s1. The first kappa shape index (κ1) is 7.60. The summed E-state index contributed by atoms with van der Waals surface area (Å²) in [7, 11) is 0. The van der Waals surface area contributed by atoms with Crippen LogP contribution in [0.25, 0.3) is 0 Å². The van der Waals surface area contributed by atoms with E-state index in [2.05, 4.69) is 5.73 Å². The molecule has 0 radical (unpaired) electrons. The van der Waals surface area contributed by atoms with Gasteiger partial charge in [0.2, 0.25) is 0 Å². The maximum absolute atomic E-state index is 9.91. The molecule has 0 spiro atoms. The van der Waals surface area contributed by atoms with Crippen molar-refractivity contribution in [3.63, 3.8) is 0 Å². The van der Waals surface area contributed by atoms with Gasteiger partial charge in [0.1, 0.15) is 0 Å². The number of nitrogens with two attached hydrogens (primary N) is 1. The first-order valence-electron chi connectivity index (χ1n) is 1.62. The zero-order valence-corrected chi connectivity index (χ0v) is 5.86. The molecule has 0 unspecified atom stereocenters. The van der Waals surface area contributed by atoms with Gasteiger partial charge in [-0.25, -0.2) is 0 Å². The van der Waals surface area contributed by atoms with Gasteiger partial charge in [-0.2, -0.15) is 0 Å². The lowest BCUT2D eigenvalue weighted by molar-refractivity contribution is -0.475. The molecule has 0 fully saturated rings. The molecule has 0 aliphatic heterocycles. The van der Waals surface area contributed by atoms with Crippen LogP contribution < -0.4 is 5.73 Å². The van der Waals surface area contributed by atoms with Crippen LogP contribution in [0.5, 0.6) is 0 Å². The highest BCUT2D eigenvalue weighted by Crippen LogP contribution is 1.97. The van der Waals surface area contributed by atoms with Crippen LogP contribution in [0.4, 0.5) is 0 Å². The molecule has 1 atom stereocenters. The zero-order chi connectivity index (χ0) is 6.73. The van der Waals surface area contributed by atoms with E-state index in [1.54, 1.807) is 0 Å². The summed E-state index contributed by atoms with van der Waals surface area (Å²) in [6, 6.07) is 0. The van der Waals surface area contributed by atoms with E-state index < -0.39 is 14.9 Å². The van der Waals surface area contributed by atoms with Crippen LogP contribution in [0.1, 0.15) is 0 Å². The van der Waals surface area contributed by atoms with Crippen LogP contribution in [0.3, 0.4) is 0 Å². The predicted molar refractivity (Wildman–Crippen MR) is 34.0 cm³/mol. The average Bonchev–Trinajstić information content (AvgIpc) is 1.64. The van der Waals surface area contributed by atoms with Gasteiger partial charge in [-0.15, -0.1) is 0 Å². The Morgan fingerprint density at radius 3 is 2.25 bits per heavy atom. The highest BCUT2D eigenvalue weighted by Gasteiger charge is 2.21. The molecule has 0 saturated carbocycles. The second kappa shape index (κ2) is 2.80. The molecule has 0 rings (SSSR count). The van der Waals surface area contributed by atoms with E-state index in [1.165, 1.54) is 22.6 Å². The van der Waals surface area contributed by atoms with Crippen molar-refractivity contribution in [3.8, 4) is 0 Å². The Bertz CT molecular complexity index is 110. The molecule has 46 valence electrons. The smallest absolute Gasteiger partial charge is 0.336 e. The lowest BCUT2D eigenvalue weighted by atomic mass is 10.6. The number of alkyl halides is 1. The van der Waals surface area contributed by atoms with E-state index in [9.17, 15) is 14.9 Å². The molecule has 5 nitrogen and oxygen atoms in total. The molecule has 0 aromatic heterocycles.